The quantitative estimate of drug-likeness (QED) is 0.415. The van der Waals surface area contributed by atoms with Crippen LogP contribution in [0.25, 0.3) is 0 Å². The van der Waals surface area contributed by atoms with Crippen LogP contribution in [0.1, 0.15) is 12.5 Å². The summed E-state index contributed by atoms with van der Waals surface area (Å²) < 4.78 is 0. The van der Waals surface area contributed by atoms with Gasteiger partial charge in [0.25, 0.3) is 0 Å². The molecule has 1 aromatic heterocycles. The molecule has 12 heavy (non-hydrogen) atoms. The van der Waals surface area contributed by atoms with Crippen molar-refractivity contribution in [2.45, 2.75) is 13.3 Å². The summed E-state index contributed by atoms with van der Waals surface area (Å²) in [6, 6.07) is 3.66. The number of hydrogen-bond acceptors (Lipinski definition) is 3. The fourth-order valence-corrected chi connectivity index (χ4v) is 1.20. The third kappa shape index (κ3) is 2.11. The first-order valence-electron chi connectivity index (χ1n) is 3.51. The zero-order chi connectivity index (χ0) is 8.97. The molecule has 62 valence electrons. The van der Waals surface area contributed by atoms with Crippen molar-refractivity contribution < 1.29 is 0 Å². The summed E-state index contributed by atoms with van der Waals surface area (Å²) in [6.07, 6.45) is 0.868. The van der Waals surface area contributed by atoms with Crippen molar-refractivity contribution in [3.05, 3.63) is 22.8 Å². The molecule has 0 atom stereocenters. The summed E-state index contributed by atoms with van der Waals surface area (Å²) in [5.41, 5.74) is 1.01. The standard InChI is InChI=1S/C8H7ClN2S/c1-2-6-3-4-7(10-5-12)11-8(6)9/h3-4H,2H2,1H3. The summed E-state index contributed by atoms with van der Waals surface area (Å²) in [5.74, 6) is 0.507. The molecule has 0 aliphatic rings. The van der Waals surface area contributed by atoms with Gasteiger partial charge in [0, 0.05) is 0 Å². The normalized spacial score (nSPS) is 9.17. The van der Waals surface area contributed by atoms with Gasteiger partial charge < -0.3 is 0 Å². The van der Waals surface area contributed by atoms with Gasteiger partial charge in [-0.25, -0.2) is 4.98 Å². The first-order chi connectivity index (χ1) is 5.77. The van der Waals surface area contributed by atoms with E-state index < -0.39 is 0 Å². The Bertz CT molecular complexity index is 332. The molecular weight excluding hydrogens is 192 g/mol. The number of hydrogen-bond donors (Lipinski definition) is 0. The van der Waals surface area contributed by atoms with Gasteiger partial charge in [-0.05, 0) is 30.3 Å². The fraction of sp³-hybridized carbons (Fsp3) is 0.250. The molecule has 0 aliphatic carbocycles. The van der Waals surface area contributed by atoms with Crippen LogP contribution in [0, 0.1) is 0 Å². The van der Waals surface area contributed by atoms with Gasteiger partial charge in [-0.15, -0.1) is 0 Å². The highest BCUT2D eigenvalue weighted by Gasteiger charge is 1.99. The van der Waals surface area contributed by atoms with Crippen molar-refractivity contribution in [2.24, 2.45) is 4.99 Å². The largest absolute Gasteiger partial charge is 0.216 e. The predicted molar refractivity (Wildman–Crippen MR) is 53.3 cm³/mol. The second-order valence-corrected chi connectivity index (χ2v) is 2.72. The van der Waals surface area contributed by atoms with Crippen LogP contribution in [0.4, 0.5) is 5.82 Å². The Balaban J connectivity index is 3.09. The smallest absolute Gasteiger partial charge is 0.164 e. The second kappa shape index (κ2) is 4.31. The van der Waals surface area contributed by atoms with Gasteiger partial charge in [0.15, 0.2) is 5.82 Å². The molecule has 0 radical (unpaired) electrons. The minimum absolute atomic E-state index is 0.490. The number of nitrogens with zero attached hydrogens (tertiary/aromatic N) is 2. The lowest BCUT2D eigenvalue weighted by Gasteiger charge is -1.98. The third-order valence-electron chi connectivity index (χ3n) is 1.45. The first kappa shape index (κ1) is 9.33. The fourth-order valence-electron chi connectivity index (χ4n) is 0.826. The van der Waals surface area contributed by atoms with Gasteiger partial charge in [-0.3, -0.25) is 0 Å². The van der Waals surface area contributed by atoms with Gasteiger partial charge in [-0.1, -0.05) is 24.6 Å². The van der Waals surface area contributed by atoms with E-state index in [4.69, 9.17) is 11.6 Å². The highest BCUT2D eigenvalue weighted by atomic mass is 35.5. The molecule has 0 unspecified atom stereocenters. The van der Waals surface area contributed by atoms with Crippen molar-refractivity contribution in [1.82, 2.24) is 4.98 Å². The molecule has 1 heterocycles. The van der Waals surface area contributed by atoms with Crippen LogP contribution in [0.5, 0.6) is 0 Å². The lowest BCUT2D eigenvalue weighted by molar-refractivity contribution is 1.10. The van der Waals surface area contributed by atoms with Crippen LogP contribution in [-0.4, -0.2) is 10.1 Å². The van der Waals surface area contributed by atoms with Crippen molar-refractivity contribution >= 4 is 34.8 Å². The molecular formula is C8H7ClN2S. The third-order valence-corrected chi connectivity index (χ3v) is 1.87. The van der Waals surface area contributed by atoms with Gasteiger partial charge in [-0.2, -0.15) is 4.99 Å². The second-order valence-electron chi connectivity index (χ2n) is 2.18. The average molecular weight is 199 g/mol. The van der Waals surface area contributed by atoms with Gasteiger partial charge in [0.1, 0.15) is 5.15 Å². The summed E-state index contributed by atoms with van der Waals surface area (Å²) in [7, 11) is 0. The maximum absolute atomic E-state index is 5.83. The molecule has 1 rings (SSSR count). The van der Waals surface area contributed by atoms with Crippen LogP contribution in [0.3, 0.4) is 0 Å². The van der Waals surface area contributed by atoms with E-state index in [2.05, 4.69) is 27.4 Å². The molecule has 0 bridgehead atoms. The Labute approximate surface area is 81.3 Å². The van der Waals surface area contributed by atoms with Crippen molar-refractivity contribution in [3.63, 3.8) is 0 Å². The number of halogens is 1. The molecule has 0 amide bonds. The van der Waals surface area contributed by atoms with Gasteiger partial charge in [0.05, 0.1) is 5.16 Å². The maximum atomic E-state index is 5.83. The van der Waals surface area contributed by atoms with Crippen LogP contribution >= 0.6 is 23.8 Å². The monoisotopic (exact) mass is 198 g/mol. The van der Waals surface area contributed by atoms with Crippen molar-refractivity contribution in [3.8, 4) is 0 Å². The Morgan fingerprint density at radius 1 is 1.67 bits per heavy atom. The maximum Gasteiger partial charge on any atom is 0.164 e. The summed E-state index contributed by atoms with van der Waals surface area (Å²) in [5, 5.41) is 2.73. The Hall–Kier alpha value is -0.760. The number of aromatic nitrogens is 1. The van der Waals surface area contributed by atoms with Crippen molar-refractivity contribution in [2.75, 3.05) is 0 Å². The van der Waals surface area contributed by atoms with E-state index >= 15 is 0 Å². The van der Waals surface area contributed by atoms with Crippen LogP contribution in [-0.2, 0) is 6.42 Å². The van der Waals surface area contributed by atoms with E-state index in [1.165, 1.54) is 0 Å². The Kier molecular flexibility index (Phi) is 3.35. The molecule has 2 nitrogen and oxygen atoms in total. The minimum atomic E-state index is 0.490. The van der Waals surface area contributed by atoms with E-state index in [1.54, 1.807) is 6.07 Å². The van der Waals surface area contributed by atoms with E-state index in [-0.39, 0.29) is 0 Å². The number of aryl methyl sites for hydroxylation is 1. The Morgan fingerprint density at radius 3 is 2.92 bits per heavy atom. The number of thiocarbonyl (C=S) groups is 1. The molecule has 0 aliphatic heterocycles. The van der Waals surface area contributed by atoms with Crippen LogP contribution < -0.4 is 0 Å². The van der Waals surface area contributed by atoms with E-state index in [1.807, 2.05) is 13.0 Å². The topological polar surface area (TPSA) is 25.2 Å². The van der Waals surface area contributed by atoms with Gasteiger partial charge >= 0.3 is 0 Å². The van der Waals surface area contributed by atoms with E-state index in [9.17, 15) is 0 Å². The van der Waals surface area contributed by atoms with Crippen molar-refractivity contribution in [1.29, 1.82) is 0 Å². The lowest BCUT2D eigenvalue weighted by Crippen LogP contribution is -1.84. The molecule has 4 heteroatoms. The number of pyridine rings is 1. The van der Waals surface area contributed by atoms with E-state index in [0.29, 0.717) is 11.0 Å². The average Bonchev–Trinajstić information content (AvgIpc) is 2.05. The minimum Gasteiger partial charge on any atom is -0.216 e. The molecule has 0 spiro atoms. The zero-order valence-electron chi connectivity index (χ0n) is 6.54. The van der Waals surface area contributed by atoms with Crippen LogP contribution in [0.15, 0.2) is 17.1 Å². The number of rotatable bonds is 2. The number of isothiocyanates is 1. The predicted octanol–water partition coefficient (Wildman–Crippen LogP) is 3.03. The molecule has 0 aromatic carbocycles. The van der Waals surface area contributed by atoms with Gasteiger partial charge in [0.2, 0.25) is 0 Å². The van der Waals surface area contributed by atoms with E-state index in [0.717, 1.165) is 12.0 Å². The molecule has 0 fully saturated rings. The summed E-state index contributed by atoms with van der Waals surface area (Å²) >= 11 is 10.3. The summed E-state index contributed by atoms with van der Waals surface area (Å²) in [4.78, 5) is 7.72. The highest BCUT2D eigenvalue weighted by molar-refractivity contribution is 7.78. The molecule has 0 N–H and O–H groups in total. The number of aliphatic imine (C=N–C) groups is 1. The molecule has 0 saturated carbocycles. The zero-order valence-corrected chi connectivity index (χ0v) is 8.11. The lowest BCUT2D eigenvalue weighted by atomic mass is 10.2. The Morgan fingerprint density at radius 2 is 2.42 bits per heavy atom. The first-order valence-corrected chi connectivity index (χ1v) is 4.30. The highest BCUT2D eigenvalue weighted by Crippen LogP contribution is 2.17. The summed E-state index contributed by atoms with van der Waals surface area (Å²) in [6.45, 7) is 2.02. The molecule has 0 saturated heterocycles. The molecule has 1 aromatic rings. The van der Waals surface area contributed by atoms with Crippen LogP contribution in [0.2, 0.25) is 5.15 Å². The SMILES string of the molecule is CCc1ccc(N=C=S)nc1Cl.